The highest BCUT2D eigenvalue weighted by molar-refractivity contribution is 5.93. The summed E-state index contributed by atoms with van der Waals surface area (Å²) in [6.07, 6.45) is 5.04. The van der Waals surface area contributed by atoms with E-state index in [0.29, 0.717) is 24.3 Å². The molecule has 2 aliphatic rings. The van der Waals surface area contributed by atoms with Crippen LogP contribution in [0.5, 0.6) is 5.75 Å². The fraction of sp³-hybridized carbons (Fsp3) is 0.360. The van der Waals surface area contributed by atoms with Crippen LogP contribution < -0.4 is 10.1 Å². The van der Waals surface area contributed by atoms with Crippen LogP contribution in [0.15, 0.2) is 60.7 Å². The van der Waals surface area contributed by atoms with E-state index in [1.165, 1.54) is 12.8 Å². The molecule has 6 heteroatoms. The molecule has 3 heterocycles. The van der Waals surface area contributed by atoms with Crippen molar-refractivity contribution in [3.8, 4) is 17.0 Å². The van der Waals surface area contributed by atoms with Gasteiger partial charge in [0.25, 0.3) is 5.91 Å². The number of rotatable bonds is 6. The normalized spacial score (nSPS) is 22.9. The molecule has 31 heavy (non-hydrogen) atoms. The molecule has 160 valence electrons. The van der Waals surface area contributed by atoms with Gasteiger partial charge in [-0.1, -0.05) is 42.5 Å². The van der Waals surface area contributed by atoms with Crippen molar-refractivity contribution >= 4 is 5.91 Å². The topological polar surface area (TPSA) is 70.2 Å². The molecule has 0 radical (unpaired) electrons. The lowest BCUT2D eigenvalue weighted by atomic mass is 10.0. The molecule has 2 fully saturated rings. The Labute approximate surface area is 182 Å². The molecular formula is C25H28N4O2. The number of benzene rings is 2. The maximum Gasteiger partial charge on any atom is 0.269 e. The molecule has 0 aliphatic carbocycles. The van der Waals surface area contributed by atoms with Crippen molar-refractivity contribution < 1.29 is 9.53 Å². The molecule has 3 aromatic rings. The molecule has 0 saturated carbocycles. The van der Waals surface area contributed by atoms with Crippen molar-refractivity contribution in [2.24, 2.45) is 0 Å². The molecule has 1 aromatic heterocycles. The molecule has 6 nitrogen and oxygen atoms in total. The number of piperidine rings is 1. The lowest BCUT2D eigenvalue weighted by molar-refractivity contribution is 0.0661. The van der Waals surface area contributed by atoms with Crippen LogP contribution in [0, 0.1) is 0 Å². The van der Waals surface area contributed by atoms with Gasteiger partial charge in [-0.05, 0) is 56.5 Å². The Kier molecular flexibility index (Phi) is 5.47. The molecule has 2 aliphatic heterocycles. The Bertz CT molecular complexity index is 1030. The number of carbonyl (C=O) groups excluding carboxylic acids is 1. The third-order valence-electron chi connectivity index (χ3n) is 6.60. The Morgan fingerprint density at radius 3 is 2.65 bits per heavy atom. The number of amides is 1. The molecule has 3 atom stereocenters. The number of H-pyrrole nitrogens is 1. The summed E-state index contributed by atoms with van der Waals surface area (Å²) in [6.45, 7) is 0.439. The van der Waals surface area contributed by atoms with Gasteiger partial charge in [0.15, 0.2) is 0 Å². The Balaban J connectivity index is 1.18. The second kappa shape index (κ2) is 8.55. The number of nitrogens with one attached hydrogen (secondary N) is 2. The van der Waals surface area contributed by atoms with Gasteiger partial charge in [-0.25, -0.2) is 0 Å². The van der Waals surface area contributed by atoms with Crippen LogP contribution in [-0.4, -0.2) is 46.2 Å². The van der Waals surface area contributed by atoms with Crippen molar-refractivity contribution in [1.82, 2.24) is 20.4 Å². The van der Waals surface area contributed by atoms with Crippen molar-refractivity contribution in [3.63, 3.8) is 0 Å². The van der Waals surface area contributed by atoms with E-state index in [2.05, 4.69) is 27.5 Å². The fourth-order valence-corrected chi connectivity index (χ4v) is 4.85. The first-order valence-electron chi connectivity index (χ1n) is 11.0. The first kappa shape index (κ1) is 19.8. The lowest BCUT2D eigenvalue weighted by Crippen LogP contribution is -2.43. The molecule has 1 amide bonds. The summed E-state index contributed by atoms with van der Waals surface area (Å²) in [7, 11) is 2.24. The van der Waals surface area contributed by atoms with Gasteiger partial charge in [-0.15, -0.1) is 0 Å². The van der Waals surface area contributed by atoms with Gasteiger partial charge in [0.2, 0.25) is 0 Å². The number of ether oxygens (including phenoxy) is 1. The largest absolute Gasteiger partial charge is 0.490 e. The third-order valence-corrected chi connectivity index (χ3v) is 6.60. The predicted molar refractivity (Wildman–Crippen MR) is 120 cm³/mol. The molecule has 5 rings (SSSR count). The molecular weight excluding hydrogens is 388 g/mol. The van der Waals surface area contributed by atoms with Gasteiger partial charge in [-0.2, -0.15) is 5.10 Å². The quantitative estimate of drug-likeness (QED) is 0.637. The molecule has 2 aromatic carbocycles. The second-order valence-electron chi connectivity index (χ2n) is 8.62. The fourth-order valence-electron chi connectivity index (χ4n) is 4.85. The number of nitrogens with zero attached hydrogens (tertiary/aromatic N) is 2. The van der Waals surface area contributed by atoms with Crippen LogP contribution in [0.3, 0.4) is 0 Å². The average molecular weight is 417 g/mol. The molecule has 2 saturated heterocycles. The minimum atomic E-state index is -0.173. The van der Waals surface area contributed by atoms with E-state index in [4.69, 9.17) is 4.74 Å². The minimum absolute atomic E-state index is 0.173. The molecule has 0 spiro atoms. The maximum atomic E-state index is 12.6. The van der Waals surface area contributed by atoms with Crippen LogP contribution in [0.4, 0.5) is 0 Å². The zero-order valence-corrected chi connectivity index (χ0v) is 17.8. The standard InChI is InChI=1S/C25H28N4O2/c1-29-19-10-11-20(29)14-22(13-19)31-21-9-5-6-17(12-21)16-26-25(30)24-15-23(27-28-24)18-7-3-2-4-8-18/h2-9,12,15,19-20,22H,10-11,13-14,16H2,1H3,(H,26,30)(H,27,28)/t19-,20+,22-. The summed E-state index contributed by atoms with van der Waals surface area (Å²) in [6, 6.07) is 20.9. The Hall–Kier alpha value is -3.12. The van der Waals surface area contributed by atoms with Gasteiger partial charge >= 0.3 is 0 Å². The van der Waals surface area contributed by atoms with E-state index in [1.807, 2.05) is 54.6 Å². The monoisotopic (exact) mass is 416 g/mol. The SMILES string of the molecule is CN1[C@@H]2CC[C@H]1C[C@H](Oc1cccc(CNC(=O)c3cc(-c4ccccc4)n[nH]3)c1)C2. The van der Waals surface area contributed by atoms with Crippen molar-refractivity contribution in [3.05, 3.63) is 71.9 Å². The number of hydrogen-bond acceptors (Lipinski definition) is 4. The smallest absolute Gasteiger partial charge is 0.269 e. The van der Waals surface area contributed by atoms with Gasteiger partial charge in [0.1, 0.15) is 17.5 Å². The average Bonchev–Trinajstić information content (AvgIpc) is 3.35. The van der Waals surface area contributed by atoms with Gasteiger partial charge in [-0.3, -0.25) is 9.89 Å². The number of aromatic amines is 1. The zero-order chi connectivity index (χ0) is 21.2. The summed E-state index contributed by atoms with van der Waals surface area (Å²) in [5.74, 6) is 0.710. The van der Waals surface area contributed by atoms with Gasteiger partial charge in [0, 0.05) is 24.2 Å². The number of fused-ring (bicyclic) bond motifs is 2. The van der Waals surface area contributed by atoms with Crippen LogP contribution in [0.1, 0.15) is 41.7 Å². The maximum absolute atomic E-state index is 12.6. The summed E-state index contributed by atoms with van der Waals surface area (Å²) < 4.78 is 6.31. The minimum Gasteiger partial charge on any atom is -0.490 e. The van der Waals surface area contributed by atoms with E-state index < -0.39 is 0 Å². The van der Waals surface area contributed by atoms with Crippen molar-refractivity contribution in [1.29, 1.82) is 0 Å². The van der Waals surface area contributed by atoms with Crippen molar-refractivity contribution in [2.75, 3.05) is 7.05 Å². The number of aromatic nitrogens is 2. The highest BCUT2D eigenvalue weighted by atomic mass is 16.5. The lowest BCUT2D eigenvalue weighted by Gasteiger charge is -2.36. The summed E-state index contributed by atoms with van der Waals surface area (Å²) in [4.78, 5) is 15.1. The third kappa shape index (κ3) is 4.35. The molecule has 0 unspecified atom stereocenters. The van der Waals surface area contributed by atoms with E-state index in [1.54, 1.807) is 6.07 Å². The Morgan fingerprint density at radius 1 is 1.10 bits per heavy atom. The van der Waals surface area contributed by atoms with E-state index in [0.717, 1.165) is 35.4 Å². The predicted octanol–water partition coefficient (Wildman–Crippen LogP) is 4.01. The van der Waals surface area contributed by atoms with Crippen LogP contribution in [-0.2, 0) is 6.54 Å². The summed E-state index contributed by atoms with van der Waals surface area (Å²) in [5, 5.41) is 10.1. The van der Waals surface area contributed by atoms with E-state index >= 15 is 0 Å². The number of carbonyl (C=O) groups is 1. The highest BCUT2D eigenvalue weighted by Gasteiger charge is 2.39. The summed E-state index contributed by atoms with van der Waals surface area (Å²) in [5.41, 5.74) is 3.20. The van der Waals surface area contributed by atoms with Crippen molar-refractivity contribution in [2.45, 2.75) is 50.4 Å². The van der Waals surface area contributed by atoms with Crippen LogP contribution >= 0.6 is 0 Å². The Morgan fingerprint density at radius 2 is 1.87 bits per heavy atom. The second-order valence-corrected chi connectivity index (χ2v) is 8.62. The van der Waals surface area contributed by atoms with Gasteiger partial charge in [0.05, 0.1) is 5.69 Å². The number of hydrogen-bond donors (Lipinski definition) is 2. The first-order valence-corrected chi connectivity index (χ1v) is 11.0. The summed E-state index contributed by atoms with van der Waals surface area (Å²) >= 11 is 0. The molecule has 2 bridgehead atoms. The zero-order valence-electron chi connectivity index (χ0n) is 17.8. The highest BCUT2D eigenvalue weighted by Crippen LogP contribution is 2.36. The van der Waals surface area contributed by atoms with E-state index in [-0.39, 0.29) is 12.0 Å². The molecule has 2 N–H and O–H groups in total. The van der Waals surface area contributed by atoms with Crippen LogP contribution in [0.25, 0.3) is 11.3 Å². The van der Waals surface area contributed by atoms with Gasteiger partial charge < -0.3 is 15.0 Å². The van der Waals surface area contributed by atoms with E-state index in [9.17, 15) is 4.79 Å². The first-order chi connectivity index (χ1) is 15.2. The van der Waals surface area contributed by atoms with Crippen LogP contribution in [0.2, 0.25) is 0 Å².